The number of rotatable bonds is 12. The molecule has 0 aliphatic heterocycles. The van der Waals surface area contributed by atoms with Crippen LogP contribution in [0.3, 0.4) is 0 Å². The summed E-state index contributed by atoms with van der Waals surface area (Å²) in [4.78, 5) is 13.3. The van der Waals surface area contributed by atoms with Gasteiger partial charge in [-0.1, -0.05) is 88.6 Å². The van der Waals surface area contributed by atoms with Gasteiger partial charge in [0.05, 0.1) is 6.54 Å². The summed E-state index contributed by atoms with van der Waals surface area (Å²) in [5.74, 6) is 1.15. The van der Waals surface area contributed by atoms with E-state index in [1.54, 1.807) is 0 Å². The quantitative estimate of drug-likeness (QED) is 0.268. The lowest BCUT2D eigenvalue weighted by molar-refractivity contribution is 0.502. The number of aromatic nitrogens is 6. The Morgan fingerprint density at radius 2 is 1.74 bits per heavy atom. The number of nitrogens with zero attached hydrogens (tertiary/aromatic N) is 5. The first kappa shape index (κ1) is 24.6. The fraction of sp³-hybridized carbons (Fsp3) is 0.429. The highest BCUT2D eigenvalue weighted by Crippen LogP contribution is 2.29. The number of hydrogen-bond acceptors (Lipinski definition) is 4. The summed E-state index contributed by atoms with van der Waals surface area (Å²) in [5, 5.41) is 14.5. The van der Waals surface area contributed by atoms with Crippen molar-refractivity contribution in [3.8, 4) is 22.5 Å². The lowest BCUT2D eigenvalue weighted by Gasteiger charge is -2.10. The molecule has 1 N–H and O–H groups in total. The van der Waals surface area contributed by atoms with Crippen molar-refractivity contribution in [3.05, 3.63) is 76.5 Å². The molecule has 0 radical (unpaired) electrons. The van der Waals surface area contributed by atoms with Crippen molar-refractivity contribution in [2.24, 2.45) is 5.92 Å². The van der Waals surface area contributed by atoms with Gasteiger partial charge in [0, 0.05) is 24.0 Å². The normalized spacial score (nSPS) is 11.4. The maximum Gasteiger partial charge on any atom is 0.328 e. The van der Waals surface area contributed by atoms with Crippen molar-refractivity contribution in [3.63, 3.8) is 0 Å². The number of aryl methyl sites for hydroxylation is 2. The van der Waals surface area contributed by atoms with Gasteiger partial charge in [-0.2, -0.15) is 5.21 Å². The van der Waals surface area contributed by atoms with Crippen LogP contribution in [0.25, 0.3) is 22.5 Å². The molecule has 184 valence electrons. The highest BCUT2D eigenvalue weighted by Gasteiger charge is 2.14. The molecule has 7 heteroatoms. The molecule has 2 heterocycles. The van der Waals surface area contributed by atoms with Gasteiger partial charge in [-0.3, -0.25) is 9.13 Å². The third-order valence-electron chi connectivity index (χ3n) is 6.48. The molecule has 0 unspecified atom stereocenters. The van der Waals surface area contributed by atoms with Crippen molar-refractivity contribution < 1.29 is 0 Å². The Balaban J connectivity index is 1.57. The number of benzene rings is 2. The van der Waals surface area contributed by atoms with Crippen molar-refractivity contribution >= 4 is 0 Å². The van der Waals surface area contributed by atoms with Crippen LogP contribution in [0.15, 0.2) is 59.5 Å². The topological polar surface area (TPSA) is 81.4 Å². The van der Waals surface area contributed by atoms with Gasteiger partial charge in [0.15, 0.2) is 0 Å². The van der Waals surface area contributed by atoms with Crippen LogP contribution in [0.2, 0.25) is 0 Å². The largest absolute Gasteiger partial charge is 0.328 e. The SMILES string of the molecule is CCCCCCc1cn(CCC(C)C)c(=O)n1Cc1ccc(-c2ccccc2-c2nn[nH]n2)cc1. The zero-order chi connectivity index (χ0) is 24.6. The number of unbranched alkanes of at least 4 members (excludes halogenated alkanes) is 3. The van der Waals surface area contributed by atoms with E-state index in [-0.39, 0.29) is 5.69 Å². The third kappa shape index (κ3) is 6.15. The average Bonchev–Trinajstić information content (AvgIpc) is 3.50. The highest BCUT2D eigenvalue weighted by molar-refractivity contribution is 5.80. The summed E-state index contributed by atoms with van der Waals surface area (Å²) in [7, 11) is 0. The van der Waals surface area contributed by atoms with Gasteiger partial charge in [-0.15, -0.1) is 10.2 Å². The van der Waals surface area contributed by atoms with Crippen LogP contribution < -0.4 is 5.69 Å². The van der Waals surface area contributed by atoms with E-state index in [0.717, 1.165) is 53.8 Å². The first-order chi connectivity index (χ1) is 17.1. The Morgan fingerprint density at radius 1 is 0.971 bits per heavy atom. The average molecular weight is 473 g/mol. The van der Waals surface area contributed by atoms with Crippen molar-refractivity contribution in [1.29, 1.82) is 0 Å². The van der Waals surface area contributed by atoms with E-state index < -0.39 is 0 Å². The fourth-order valence-electron chi connectivity index (χ4n) is 4.42. The summed E-state index contributed by atoms with van der Waals surface area (Å²) in [6, 6.07) is 16.5. The molecule has 7 nitrogen and oxygen atoms in total. The van der Waals surface area contributed by atoms with E-state index >= 15 is 0 Å². The summed E-state index contributed by atoms with van der Waals surface area (Å²) in [6.45, 7) is 7.99. The Kier molecular flexibility index (Phi) is 8.29. The molecular weight excluding hydrogens is 436 g/mol. The van der Waals surface area contributed by atoms with Crippen LogP contribution in [-0.4, -0.2) is 29.8 Å². The predicted octanol–water partition coefficient (Wildman–Crippen LogP) is 5.71. The van der Waals surface area contributed by atoms with Crippen molar-refractivity contribution in [1.82, 2.24) is 29.8 Å². The molecule has 0 aliphatic carbocycles. The minimum absolute atomic E-state index is 0.0997. The summed E-state index contributed by atoms with van der Waals surface area (Å²) in [5.41, 5.74) is 5.42. The number of H-pyrrole nitrogens is 1. The van der Waals surface area contributed by atoms with Crippen LogP contribution in [0.1, 0.15) is 64.1 Å². The summed E-state index contributed by atoms with van der Waals surface area (Å²) in [6.07, 6.45) is 8.82. The minimum Gasteiger partial charge on any atom is -0.299 e. The Labute approximate surface area is 207 Å². The van der Waals surface area contributed by atoms with Crippen LogP contribution >= 0.6 is 0 Å². The highest BCUT2D eigenvalue weighted by atomic mass is 16.1. The van der Waals surface area contributed by atoms with E-state index in [9.17, 15) is 4.79 Å². The lowest BCUT2D eigenvalue weighted by atomic mass is 9.98. The number of imidazole rings is 1. The lowest BCUT2D eigenvalue weighted by Crippen LogP contribution is -2.26. The van der Waals surface area contributed by atoms with Gasteiger partial charge < -0.3 is 0 Å². The van der Waals surface area contributed by atoms with Gasteiger partial charge >= 0.3 is 5.69 Å². The first-order valence-electron chi connectivity index (χ1n) is 12.8. The molecule has 0 amide bonds. The number of aromatic amines is 1. The predicted molar refractivity (Wildman–Crippen MR) is 140 cm³/mol. The zero-order valence-electron chi connectivity index (χ0n) is 21.1. The molecule has 0 aliphatic rings. The Bertz CT molecular complexity index is 1250. The van der Waals surface area contributed by atoms with E-state index in [2.05, 4.69) is 77.9 Å². The van der Waals surface area contributed by atoms with Crippen LogP contribution in [0, 0.1) is 5.92 Å². The first-order valence-corrected chi connectivity index (χ1v) is 12.8. The number of nitrogens with one attached hydrogen (secondary N) is 1. The maximum atomic E-state index is 13.3. The smallest absolute Gasteiger partial charge is 0.299 e. The number of tetrazole rings is 1. The third-order valence-corrected chi connectivity index (χ3v) is 6.48. The van der Waals surface area contributed by atoms with Gasteiger partial charge in [0.1, 0.15) is 0 Å². The van der Waals surface area contributed by atoms with Gasteiger partial charge in [0.25, 0.3) is 0 Å². The molecule has 2 aromatic heterocycles. The summed E-state index contributed by atoms with van der Waals surface area (Å²) >= 11 is 0. The fourth-order valence-corrected chi connectivity index (χ4v) is 4.42. The van der Waals surface area contributed by atoms with E-state index in [4.69, 9.17) is 0 Å². The molecule has 35 heavy (non-hydrogen) atoms. The molecule has 4 aromatic rings. The van der Waals surface area contributed by atoms with Crippen molar-refractivity contribution in [2.75, 3.05) is 0 Å². The second-order valence-electron chi connectivity index (χ2n) is 9.65. The van der Waals surface area contributed by atoms with Gasteiger partial charge in [-0.25, -0.2) is 4.79 Å². The molecule has 0 saturated heterocycles. The molecule has 0 bridgehead atoms. The molecular formula is C28H36N6O. The molecule has 0 atom stereocenters. The number of hydrogen-bond donors (Lipinski definition) is 1. The van der Waals surface area contributed by atoms with Crippen LogP contribution in [-0.2, 0) is 19.5 Å². The Hall–Kier alpha value is -3.48. The molecule has 0 saturated carbocycles. The van der Waals surface area contributed by atoms with Gasteiger partial charge in [0.2, 0.25) is 5.82 Å². The van der Waals surface area contributed by atoms with Crippen LogP contribution in [0.5, 0.6) is 0 Å². The zero-order valence-corrected chi connectivity index (χ0v) is 21.1. The second kappa shape index (κ2) is 11.8. The van der Waals surface area contributed by atoms with E-state index in [1.807, 2.05) is 27.3 Å². The minimum atomic E-state index is 0.0997. The molecule has 0 fully saturated rings. The van der Waals surface area contributed by atoms with E-state index in [0.29, 0.717) is 18.3 Å². The standard InChI is InChI=1S/C28H36N6O/c1-4-5-6-7-10-24-20-33(18-17-21(2)3)28(35)34(24)19-22-13-15-23(16-14-22)25-11-8-9-12-26(25)27-29-31-32-30-27/h8-9,11-16,20-21H,4-7,10,17-19H2,1-3H3,(H,29,30,31,32). The molecule has 4 rings (SSSR count). The second-order valence-corrected chi connectivity index (χ2v) is 9.65. The van der Waals surface area contributed by atoms with Crippen LogP contribution in [0.4, 0.5) is 0 Å². The molecule has 0 spiro atoms. The molecule has 2 aromatic carbocycles. The van der Waals surface area contributed by atoms with E-state index in [1.165, 1.54) is 19.3 Å². The van der Waals surface area contributed by atoms with Crippen molar-refractivity contribution in [2.45, 2.75) is 72.4 Å². The maximum absolute atomic E-state index is 13.3. The monoisotopic (exact) mass is 472 g/mol. The summed E-state index contributed by atoms with van der Waals surface area (Å²) < 4.78 is 3.87. The Morgan fingerprint density at radius 3 is 2.43 bits per heavy atom. The van der Waals surface area contributed by atoms with Gasteiger partial charge in [-0.05, 0) is 47.1 Å².